The van der Waals surface area contributed by atoms with Crippen molar-refractivity contribution in [1.82, 2.24) is 4.90 Å². The molecule has 2 aromatic rings. The second-order valence-corrected chi connectivity index (χ2v) is 7.08. The lowest BCUT2D eigenvalue weighted by atomic mass is 10.1. The normalized spacial score (nSPS) is 13.9. The van der Waals surface area contributed by atoms with Gasteiger partial charge in [0.05, 0.1) is 18.4 Å². The van der Waals surface area contributed by atoms with E-state index in [2.05, 4.69) is 15.1 Å². The second kappa shape index (κ2) is 11.1. The van der Waals surface area contributed by atoms with Gasteiger partial charge in [0.25, 0.3) is 0 Å². The van der Waals surface area contributed by atoms with E-state index in [4.69, 9.17) is 15.4 Å². The number of para-hydroxylation sites is 1. The molecule has 0 unspecified atom stereocenters. The van der Waals surface area contributed by atoms with Gasteiger partial charge >= 0.3 is 5.97 Å². The Morgan fingerprint density at radius 2 is 1.90 bits per heavy atom. The SMILES string of the molecule is COc1cc(/C=C/C(=O)Nc2ccccc2C(=O)ON)ccc1OCCN1CCCC1. The van der Waals surface area contributed by atoms with Crippen molar-refractivity contribution in [1.29, 1.82) is 0 Å². The Morgan fingerprint density at radius 3 is 2.65 bits per heavy atom. The fourth-order valence-corrected chi connectivity index (χ4v) is 3.38. The first kappa shape index (κ1) is 22.3. The highest BCUT2D eigenvalue weighted by Crippen LogP contribution is 2.28. The molecule has 0 spiro atoms. The van der Waals surface area contributed by atoms with Crippen molar-refractivity contribution in [2.24, 2.45) is 5.90 Å². The summed E-state index contributed by atoms with van der Waals surface area (Å²) in [7, 11) is 1.58. The smallest absolute Gasteiger partial charge is 0.358 e. The Hall–Kier alpha value is -3.36. The van der Waals surface area contributed by atoms with Crippen molar-refractivity contribution in [3.63, 3.8) is 0 Å². The molecule has 164 valence electrons. The monoisotopic (exact) mass is 425 g/mol. The topological polar surface area (TPSA) is 103 Å². The Bertz CT molecular complexity index is 939. The molecular formula is C23H27N3O5. The van der Waals surface area contributed by atoms with Crippen molar-refractivity contribution < 1.29 is 23.9 Å². The minimum absolute atomic E-state index is 0.170. The van der Waals surface area contributed by atoms with Crippen molar-refractivity contribution in [2.75, 3.05) is 38.7 Å². The molecule has 0 bridgehead atoms. The summed E-state index contributed by atoms with van der Waals surface area (Å²) >= 11 is 0. The van der Waals surface area contributed by atoms with Crippen molar-refractivity contribution in [3.8, 4) is 11.5 Å². The number of nitrogens with zero attached hydrogens (tertiary/aromatic N) is 1. The molecule has 0 atom stereocenters. The number of hydrogen-bond acceptors (Lipinski definition) is 7. The molecule has 1 amide bonds. The van der Waals surface area contributed by atoms with E-state index < -0.39 is 11.9 Å². The van der Waals surface area contributed by atoms with Crippen LogP contribution in [0.5, 0.6) is 11.5 Å². The van der Waals surface area contributed by atoms with Crippen LogP contribution < -0.4 is 20.7 Å². The zero-order valence-electron chi connectivity index (χ0n) is 17.5. The molecule has 1 heterocycles. The van der Waals surface area contributed by atoms with Crippen LogP contribution in [0, 0.1) is 0 Å². The fraction of sp³-hybridized carbons (Fsp3) is 0.304. The number of nitrogens with one attached hydrogen (secondary N) is 1. The third kappa shape index (κ3) is 6.31. The third-order valence-corrected chi connectivity index (χ3v) is 4.99. The van der Waals surface area contributed by atoms with Gasteiger partial charge in [-0.05, 0) is 61.8 Å². The fourth-order valence-electron chi connectivity index (χ4n) is 3.38. The predicted molar refractivity (Wildman–Crippen MR) is 118 cm³/mol. The van der Waals surface area contributed by atoms with Crippen LogP contribution in [0.1, 0.15) is 28.8 Å². The highest BCUT2D eigenvalue weighted by Gasteiger charge is 2.13. The molecule has 0 aliphatic carbocycles. The van der Waals surface area contributed by atoms with Crippen molar-refractivity contribution in [2.45, 2.75) is 12.8 Å². The van der Waals surface area contributed by atoms with E-state index in [1.54, 1.807) is 37.5 Å². The largest absolute Gasteiger partial charge is 0.493 e. The minimum atomic E-state index is -0.732. The first-order valence-corrected chi connectivity index (χ1v) is 10.1. The van der Waals surface area contributed by atoms with Gasteiger partial charge in [-0.2, -0.15) is 5.90 Å². The van der Waals surface area contributed by atoms with Crippen LogP contribution >= 0.6 is 0 Å². The van der Waals surface area contributed by atoms with Gasteiger partial charge in [-0.25, -0.2) is 4.79 Å². The zero-order valence-corrected chi connectivity index (χ0v) is 17.5. The van der Waals surface area contributed by atoms with E-state index >= 15 is 0 Å². The highest BCUT2D eigenvalue weighted by atomic mass is 16.7. The summed E-state index contributed by atoms with van der Waals surface area (Å²) in [6, 6.07) is 11.9. The Balaban J connectivity index is 1.60. The van der Waals surface area contributed by atoms with Crippen LogP contribution in [0.2, 0.25) is 0 Å². The number of methoxy groups -OCH3 is 1. The lowest BCUT2D eigenvalue weighted by Gasteiger charge is -2.16. The maximum atomic E-state index is 12.3. The van der Waals surface area contributed by atoms with E-state index in [0.29, 0.717) is 23.8 Å². The van der Waals surface area contributed by atoms with Crippen LogP contribution in [0.15, 0.2) is 48.5 Å². The molecule has 3 N–H and O–H groups in total. The maximum Gasteiger partial charge on any atom is 0.358 e. The quantitative estimate of drug-likeness (QED) is 0.470. The van der Waals surface area contributed by atoms with Gasteiger partial charge in [0, 0.05) is 12.6 Å². The van der Waals surface area contributed by atoms with Gasteiger partial charge < -0.3 is 19.6 Å². The molecule has 1 saturated heterocycles. The number of nitrogens with two attached hydrogens (primary N) is 1. The van der Waals surface area contributed by atoms with Gasteiger partial charge in [0.1, 0.15) is 6.61 Å². The molecule has 1 aliphatic heterocycles. The van der Waals surface area contributed by atoms with E-state index in [1.165, 1.54) is 25.0 Å². The number of amides is 1. The van der Waals surface area contributed by atoms with Gasteiger partial charge in [-0.15, -0.1) is 0 Å². The van der Waals surface area contributed by atoms with Crippen LogP contribution in [-0.4, -0.2) is 50.1 Å². The van der Waals surface area contributed by atoms with E-state index in [0.717, 1.165) is 25.2 Å². The Kier molecular flexibility index (Phi) is 8.03. The number of carbonyl (C=O) groups excluding carboxylic acids is 2. The minimum Gasteiger partial charge on any atom is -0.493 e. The summed E-state index contributed by atoms with van der Waals surface area (Å²) in [6.45, 7) is 3.75. The van der Waals surface area contributed by atoms with Crippen molar-refractivity contribution >= 4 is 23.6 Å². The molecule has 31 heavy (non-hydrogen) atoms. The molecule has 1 fully saturated rings. The first-order chi connectivity index (χ1) is 15.1. The van der Waals surface area contributed by atoms with Crippen LogP contribution in [-0.2, 0) is 9.63 Å². The molecule has 8 nitrogen and oxygen atoms in total. The maximum absolute atomic E-state index is 12.3. The summed E-state index contributed by atoms with van der Waals surface area (Å²) in [5.74, 6) is 5.07. The molecular weight excluding hydrogens is 398 g/mol. The predicted octanol–water partition coefficient (Wildman–Crippen LogP) is 2.85. The second-order valence-electron chi connectivity index (χ2n) is 7.08. The average Bonchev–Trinajstić information content (AvgIpc) is 3.31. The van der Waals surface area contributed by atoms with Crippen LogP contribution in [0.25, 0.3) is 6.08 Å². The first-order valence-electron chi connectivity index (χ1n) is 10.1. The summed E-state index contributed by atoms with van der Waals surface area (Å²) in [5, 5.41) is 2.65. The van der Waals surface area contributed by atoms with Gasteiger partial charge in [0.2, 0.25) is 5.91 Å². The molecule has 3 rings (SSSR count). The number of ether oxygens (including phenoxy) is 2. The lowest BCUT2D eigenvalue weighted by molar-refractivity contribution is -0.111. The summed E-state index contributed by atoms with van der Waals surface area (Å²) < 4.78 is 11.3. The van der Waals surface area contributed by atoms with Gasteiger partial charge in [-0.1, -0.05) is 18.2 Å². The van der Waals surface area contributed by atoms with E-state index in [-0.39, 0.29) is 5.56 Å². The van der Waals surface area contributed by atoms with Crippen LogP contribution in [0.4, 0.5) is 5.69 Å². The molecule has 2 aromatic carbocycles. The standard InChI is InChI=1S/C23H27N3O5/c1-29-21-16-17(8-10-20(21)30-15-14-26-12-4-5-13-26)9-11-22(27)25-19-7-3-2-6-18(19)23(28)31-24/h2-3,6-11,16H,4-5,12-15,24H2,1H3,(H,25,27)/b11-9+. The zero-order chi connectivity index (χ0) is 22.1. The summed E-state index contributed by atoms with van der Waals surface area (Å²) in [6.07, 6.45) is 5.52. The summed E-state index contributed by atoms with van der Waals surface area (Å²) in [5.41, 5.74) is 1.25. The highest BCUT2D eigenvalue weighted by molar-refractivity contribution is 6.06. The number of anilines is 1. The molecule has 0 radical (unpaired) electrons. The van der Waals surface area contributed by atoms with E-state index in [1.807, 2.05) is 12.1 Å². The van der Waals surface area contributed by atoms with Gasteiger partial charge in [-0.3, -0.25) is 9.69 Å². The van der Waals surface area contributed by atoms with E-state index in [9.17, 15) is 9.59 Å². The lowest BCUT2D eigenvalue weighted by Crippen LogP contribution is -2.25. The molecule has 0 saturated carbocycles. The molecule has 1 aliphatic rings. The molecule has 8 heteroatoms. The number of hydrogen-bond donors (Lipinski definition) is 2. The number of likely N-dealkylation sites (tertiary alicyclic amines) is 1. The van der Waals surface area contributed by atoms with Gasteiger partial charge in [0.15, 0.2) is 11.5 Å². The summed E-state index contributed by atoms with van der Waals surface area (Å²) in [4.78, 5) is 30.6. The number of carbonyl (C=O) groups is 2. The third-order valence-electron chi connectivity index (χ3n) is 4.99. The molecule has 0 aromatic heterocycles. The number of rotatable bonds is 9. The Morgan fingerprint density at radius 1 is 1.13 bits per heavy atom. The van der Waals surface area contributed by atoms with Crippen molar-refractivity contribution in [3.05, 3.63) is 59.7 Å². The average molecular weight is 425 g/mol. The number of benzene rings is 2. The Labute approximate surface area is 181 Å². The van der Waals surface area contributed by atoms with Crippen LogP contribution in [0.3, 0.4) is 0 Å².